The summed E-state index contributed by atoms with van der Waals surface area (Å²) in [5.41, 5.74) is 2.69. The molecule has 0 aliphatic heterocycles. The third kappa shape index (κ3) is 5.89. The lowest BCUT2D eigenvalue weighted by Gasteiger charge is -2.35. The molecule has 5 rings (SSSR count). The van der Waals surface area contributed by atoms with Crippen LogP contribution in [0.4, 0.5) is 8.78 Å². The molecule has 8 nitrogen and oxygen atoms in total. The molecule has 3 N–H and O–H groups in total. The van der Waals surface area contributed by atoms with Crippen molar-refractivity contribution in [1.29, 1.82) is 0 Å². The molecule has 2 aromatic heterocycles. The van der Waals surface area contributed by atoms with Crippen LogP contribution in [0.15, 0.2) is 24.5 Å². The highest BCUT2D eigenvalue weighted by Gasteiger charge is 2.31. The van der Waals surface area contributed by atoms with Crippen molar-refractivity contribution in [3.63, 3.8) is 0 Å². The van der Waals surface area contributed by atoms with E-state index in [9.17, 15) is 18.4 Å². The molecule has 2 amide bonds. The number of nitrogens with zero attached hydrogens (tertiary/aromatic N) is 2. The molecule has 1 aromatic carbocycles. The number of aryl methyl sites for hydroxylation is 1. The Hall–Kier alpha value is -3.56. The molecule has 2 heterocycles. The number of aromatic amines is 1. The summed E-state index contributed by atoms with van der Waals surface area (Å²) < 4.78 is 33.2. The Morgan fingerprint density at radius 1 is 1.15 bits per heavy atom. The van der Waals surface area contributed by atoms with E-state index in [2.05, 4.69) is 32.5 Å². The first-order valence-electron chi connectivity index (χ1n) is 13.7. The Labute approximate surface area is 226 Å². The van der Waals surface area contributed by atoms with Crippen molar-refractivity contribution in [3.8, 4) is 17.0 Å². The van der Waals surface area contributed by atoms with Crippen LogP contribution in [0, 0.1) is 18.8 Å². The zero-order valence-electron chi connectivity index (χ0n) is 22.5. The van der Waals surface area contributed by atoms with Gasteiger partial charge in [0.2, 0.25) is 5.91 Å². The number of carbonyl (C=O) groups is 2. The zero-order valence-corrected chi connectivity index (χ0v) is 22.5. The van der Waals surface area contributed by atoms with Gasteiger partial charge in [0.25, 0.3) is 12.3 Å². The van der Waals surface area contributed by atoms with Gasteiger partial charge in [-0.15, -0.1) is 0 Å². The molecule has 2 saturated carbocycles. The van der Waals surface area contributed by atoms with Crippen LogP contribution in [0.5, 0.6) is 5.75 Å². The summed E-state index contributed by atoms with van der Waals surface area (Å²) in [5, 5.41) is 6.23. The van der Waals surface area contributed by atoms with E-state index in [1.165, 1.54) is 18.5 Å². The summed E-state index contributed by atoms with van der Waals surface area (Å²) in [6, 6.07) is 4.42. The minimum atomic E-state index is -2.64. The van der Waals surface area contributed by atoms with Gasteiger partial charge in [-0.3, -0.25) is 9.59 Å². The van der Waals surface area contributed by atoms with Crippen molar-refractivity contribution in [1.82, 2.24) is 25.6 Å². The minimum Gasteiger partial charge on any atom is -0.493 e. The topological polar surface area (TPSA) is 109 Å². The smallest absolute Gasteiger partial charge is 0.263 e. The predicted octanol–water partition coefficient (Wildman–Crippen LogP) is 5.47. The number of nitrogens with one attached hydrogen (secondary N) is 3. The molecule has 39 heavy (non-hydrogen) atoms. The number of hydrogen-bond donors (Lipinski definition) is 3. The summed E-state index contributed by atoms with van der Waals surface area (Å²) in [7, 11) is 0. The summed E-state index contributed by atoms with van der Waals surface area (Å²) in [6.07, 6.45) is 3.71. The van der Waals surface area contributed by atoms with Gasteiger partial charge in [0.05, 0.1) is 17.7 Å². The van der Waals surface area contributed by atoms with Crippen molar-refractivity contribution >= 4 is 22.8 Å². The number of H-pyrrole nitrogens is 1. The van der Waals surface area contributed by atoms with Gasteiger partial charge in [0, 0.05) is 35.3 Å². The summed E-state index contributed by atoms with van der Waals surface area (Å²) in [6.45, 7) is 6.23. The zero-order chi connectivity index (χ0) is 27.7. The predicted molar refractivity (Wildman–Crippen MR) is 144 cm³/mol. The SMILES string of the molecule is CCC(=O)NC1CCC(NC(=O)c2c(C)[nH]c3c(-c4cc(C(F)F)ccc4OCC4CC4)ncnc23)C(C)C1. The largest absolute Gasteiger partial charge is 0.493 e. The summed E-state index contributed by atoms with van der Waals surface area (Å²) in [4.78, 5) is 37.4. The highest BCUT2D eigenvalue weighted by molar-refractivity contribution is 6.09. The van der Waals surface area contributed by atoms with E-state index in [0.717, 1.165) is 32.1 Å². The van der Waals surface area contributed by atoms with E-state index in [1.807, 2.05) is 6.92 Å². The molecule has 3 aromatic rings. The fourth-order valence-electron chi connectivity index (χ4n) is 5.40. The average Bonchev–Trinajstić information content (AvgIpc) is 3.68. The van der Waals surface area contributed by atoms with Gasteiger partial charge in [0.1, 0.15) is 23.3 Å². The number of alkyl halides is 2. The molecule has 3 unspecified atom stereocenters. The van der Waals surface area contributed by atoms with Crippen LogP contribution in [0.2, 0.25) is 0 Å². The second kappa shape index (κ2) is 11.3. The first-order chi connectivity index (χ1) is 18.7. The van der Waals surface area contributed by atoms with Crippen molar-refractivity contribution in [3.05, 3.63) is 41.3 Å². The van der Waals surface area contributed by atoms with Gasteiger partial charge >= 0.3 is 0 Å². The number of ether oxygens (including phenoxy) is 1. The number of halogens is 2. The van der Waals surface area contributed by atoms with E-state index in [-0.39, 0.29) is 35.4 Å². The van der Waals surface area contributed by atoms with E-state index >= 15 is 0 Å². The van der Waals surface area contributed by atoms with Crippen molar-refractivity contribution in [2.24, 2.45) is 11.8 Å². The number of fused-ring (bicyclic) bond motifs is 1. The van der Waals surface area contributed by atoms with E-state index in [1.54, 1.807) is 13.0 Å². The number of aromatic nitrogens is 3. The Morgan fingerprint density at radius 3 is 2.64 bits per heavy atom. The van der Waals surface area contributed by atoms with Crippen molar-refractivity contribution < 1.29 is 23.1 Å². The first kappa shape index (κ1) is 27.0. The lowest BCUT2D eigenvalue weighted by molar-refractivity contribution is -0.121. The van der Waals surface area contributed by atoms with Gasteiger partial charge in [0.15, 0.2) is 0 Å². The molecule has 2 aliphatic rings. The number of rotatable bonds is 9. The lowest BCUT2D eigenvalue weighted by atomic mass is 9.82. The highest BCUT2D eigenvalue weighted by atomic mass is 19.3. The Kier molecular flexibility index (Phi) is 7.81. The third-order valence-electron chi connectivity index (χ3n) is 7.85. The van der Waals surface area contributed by atoms with Crippen LogP contribution in [0.25, 0.3) is 22.3 Å². The molecule has 208 valence electrons. The van der Waals surface area contributed by atoms with Gasteiger partial charge in [-0.25, -0.2) is 18.7 Å². The standard InChI is InChI=1S/C29H35F2N5O3/c1-4-23(37)35-19-8-9-21(15(2)11-19)36-29(38)24-16(3)34-27-25(32-14-33-26(24)27)20-12-18(28(30)31)7-10-22(20)39-13-17-5-6-17/h7,10,12,14-15,17,19,21,28,34H,4-6,8-9,11,13H2,1-3H3,(H,35,37)(H,36,38). The maximum atomic E-state index is 13.6. The number of benzene rings is 1. The van der Waals surface area contributed by atoms with Gasteiger partial charge < -0.3 is 20.4 Å². The normalized spacial score (nSPS) is 21.2. The van der Waals surface area contributed by atoms with Crippen LogP contribution < -0.4 is 15.4 Å². The number of carbonyl (C=O) groups excluding carboxylic acids is 2. The Bertz CT molecular complexity index is 1370. The number of amides is 2. The summed E-state index contributed by atoms with van der Waals surface area (Å²) >= 11 is 0. The van der Waals surface area contributed by atoms with Crippen LogP contribution in [0.3, 0.4) is 0 Å². The second-order valence-electron chi connectivity index (χ2n) is 10.9. The molecule has 2 fully saturated rings. The molecule has 3 atom stereocenters. The molecule has 0 radical (unpaired) electrons. The van der Waals surface area contributed by atoms with Gasteiger partial charge in [-0.2, -0.15) is 0 Å². The van der Waals surface area contributed by atoms with Crippen LogP contribution in [0.1, 0.15) is 80.4 Å². The molecule has 0 spiro atoms. The van der Waals surface area contributed by atoms with Crippen LogP contribution in [-0.2, 0) is 4.79 Å². The van der Waals surface area contributed by atoms with Crippen LogP contribution >= 0.6 is 0 Å². The maximum Gasteiger partial charge on any atom is 0.263 e. The fourth-order valence-corrected chi connectivity index (χ4v) is 5.40. The Balaban J connectivity index is 1.42. The molecule has 0 saturated heterocycles. The van der Waals surface area contributed by atoms with E-state index in [4.69, 9.17) is 4.74 Å². The van der Waals surface area contributed by atoms with E-state index < -0.39 is 6.43 Å². The highest BCUT2D eigenvalue weighted by Crippen LogP contribution is 2.38. The van der Waals surface area contributed by atoms with Crippen LogP contribution in [-0.4, -0.2) is 45.5 Å². The number of hydrogen-bond acceptors (Lipinski definition) is 5. The fraction of sp³-hybridized carbons (Fsp3) is 0.517. The monoisotopic (exact) mass is 539 g/mol. The van der Waals surface area contributed by atoms with Crippen molar-refractivity contribution in [2.45, 2.75) is 77.8 Å². The quantitative estimate of drug-likeness (QED) is 0.334. The minimum absolute atomic E-state index is 0.0388. The van der Waals surface area contributed by atoms with E-state index in [0.29, 0.717) is 58.2 Å². The maximum absolute atomic E-state index is 13.6. The van der Waals surface area contributed by atoms with Crippen molar-refractivity contribution in [2.75, 3.05) is 6.61 Å². The molecular formula is C29H35F2N5O3. The second-order valence-corrected chi connectivity index (χ2v) is 10.9. The molecule has 0 bridgehead atoms. The van der Waals surface area contributed by atoms with Gasteiger partial charge in [-0.1, -0.05) is 13.8 Å². The molecular weight excluding hydrogens is 504 g/mol. The lowest BCUT2D eigenvalue weighted by Crippen LogP contribution is -2.48. The summed E-state index contributed by atoms with van der Waals surface area (Å²) in [5.74, 6) is 0.943. The molecule has 10 heteroatoms. The first-order valence-corrected chi connectivity index (χ1v) is 13.7. The molecule has 2 aliphatic carbocycles. The van der Waals surface area contributed by atoms with Gasteiger partial charge in [-0.05, 0) is 69.1 Å². The Morgan fingerprint density at radius 2 is 1.95 bits per heavy atom. The third-order valence-corrected chi connectivity index (χ3v) is 7.85. The average molecular weight is 540 g/mol.